The highest BCUT2D eigenvalue weighted by molar-refractivity contribution is 5.75. The molecule has 3 aliphatic rings. The largest absolute Gasteiger partial charge is 0.481 e. The van der Waals surface area contributed by atoms with E-state index >= 15 is 0 Å². The van der Waals surface area contributed by atoms with Crippen LogP contribution in [0.1, 0.15) is 32.1 Å². The van der Waals surface area contributed by atoms with Crippen LogP contribution in [0.4, 0.5) is 0 Å². The summed E-state index contributed by atoms with van der Waals surface area (Å²) in [5, 5.41) is 8.87. The van der Waals surface area contributed by atoms with E-state index in [1.165, 1.54) is 25.7 Å². The topological polar surface area (TPSA) is 37.3 Å². The van der Waals surface area contributed by atoms with Crippen LogP contribution < -0.4 is 0 Å². The molecule has 0 amide bonds. The van der Waals surface area contributed by atoms with Crippen LogP contribution in [0, 0.1) is 23.2 Å². The van der Waals surface area contributed by atoms with Crippen LogP contribution in [0.25, 0.3) is 0 Å². The van der Waals surface area contributed by atoms with Crippen molar-refractivity contribution in [3.8, 4) is 0 Å². The highest BCUT2D eigenvalue weighted by atomic mass is 16.4. The van der Waals surface area contributed by atoms with Gasteiger partial charge in [-0.2, -0.15) is 0 Å². The Morgan fingerprint density at radius 2 is 2.17 bits per heavy atom. The Hall–Kier alpha value is -0.530. The molecule has 0 aromatic heterocycles. The van der Waals surface area contributed by atoms with E-state index in [-0.39, 0.29) is 5.92 Å². The number of aliphatic carboxylic acids is 1. The van der Waals surface area contributed by atoms with E-state index in [2.05, 4.69) is 0 Å². The van der Waals surface area contributed by atoms with Crippen LogP contribution in [-0.2, 0) is 4.79 Å². The third-order valence-corrected chi connectivity index (χ3v) is 4.46. The lowest BCUT2D eigenvalue weighted by atomic mass is 9.62. The molecule has 0 bridgehead atoms. The molecule has 3 aliphatic carbocycles. The van der Waals surface area contributed by atoms with Crippen LogP contribution in [0.2, 0.25) is 0 Å². The van der Waals surface area contributed by atoms with Gasteiger partial charge in [0.1, 0.15) is 0 Å². The molecule has 0 aliphatic heterocycles. The van der Waals surface area contributed by atoms with Crippen molar-refractivity contribution in [1.82, 2.24) is 0 Å². The number of carbonyl (C=O) groups is 1. The summed E-state index contributed by atoms with van der Waals surface area (Å²) in [4.78, 5) is 10.8. The summed E-state index contributed by atoms with van der Waals surface area (Å²) < 4.78 is 0. The van der Waals surface area contributed by atoms with Gasteiger partial charge in [0.2, 0.25) is 0 Å². The highest BCUT2D eigenvalue weighted by Gasteiger charge is 2.70. The molecule has 3 rings (SSSR count). The predicted octanol–water partition coefficient (Wildman–Crippen LogP) is 1.90. The van der Waals surface area contributed by atoms with E-state index in [1.54, 1.807) is 0 Å². The Morgan fingerprint density at radius 3 is 2.75 bits per heavy atom. The number of carboxylic acids is 1. The Kier molecular flexibility index (Phi) is 1.07. The molecule has 66 valence electrons. The third kappa shape index (κ3) is 0.606. The lowest BCUT2D eigenvalue weighted by Crippen LogP contribution is -2.37. The summed E-state index contributed by atoms with van der Waals surface area (Å²) in [6.07, 6.45) is 6.26. The minimum Gasteiger partial charge on any atom is -0.481 e. The molecule has 4 atom stereocenters. The molecule has 0 heterocycles. The van der Waals surface area contributed by atoms with Crippen LogP contribution in [0.15, 0.2) is 0 Å². The van der Waals surface area contributed by atoms with Gasteiger partial charge in [0.05, 0.1) is 5.92 Å². The molecule has 1 spiro atoms. The van der Waals surface area contributed by atoms with E-state index in [9.17, 15) is 4.79 Å². The van der Waals surface area contributed by atoms with Gasteiger partial charge >= 0.3 is 5.97 Å². The molecular formula is C10H14O2. The van der Waals surface area contributed by atoms with E-state index in [0.717, 1.165) is 18.3 Å². The lowest BCUT2D eigenvalue weighted by molar-refractivity contribution is -0.141. The van der Waals surface area contributed by atoms with E-state index in [4.69, 9.17) is 5.11 Å². The van der Waals surface area contributed by atoms with Gasteiger partial charge < -0.3 is 5.11 Å². The Balaban J connectivity index is 1.77. The van der Waals surface area contributed by atoms with Crippen molar-refractivity contribution in [1.29, 1.82) is 0 Å². The summed E-state index contributed by atoms with van der Waals surface area (Å²) in [5.74, 6) is 1.21. The molecule has 2 nitrogen and oxygen atoms in total. The zero-order chi connectivity index (χ0) is 8.34. The van der Waals surface area contributed by atoms with Gasteiger partial charge in [-0.05, 0) is 36.5 Å². The molecule has 3 fully saturated rings. The average molecular weight is 166 g/mol. The number of rotatable bonds is 1. The summed E-state index contributed by atoms with van der Waals surface area (Å²) in [5.41, 5.74) is 0.312. The second-order valence-corrected chi connectivity index (χ2v) is 4.83. The molecule has 0 saturated heterocycles. The van der Waals surface area contributed by atoms with Crippen molar-refractivity contribution >= 4 is 5.97 Å². The molecule has 1 N–H and O–H groups in total. The first-order valence-corrected chi connectivity index (χ1v) is 4.97. The quantitative estimate of drug-likeness (QED) is 0.646. The number of hydrogen-bond acceptors (Lipinski definition) is 1. The molecule has 2 heteroatoms. The normalized spacial score (nSPS) is 54.8. The maximum absolute atomic E-state index is 10.8. The SMILES string of the molecule is O=C(O)C1CC12CC1CCCC12. The van der Waals surface area contributed by atoms with Crippen LogP contribution >= 0.6 is 0 Å². The van der Waals surface area contributed by atoms with E-state index < -0.39 is 5.97 Å². The Labute approximate surface area is 72.0 Å². The third-order valence-electron chi connectivity index (χ3n) is 4.46. The standard InChI is InChI=1S/C10H14O2/c11-9(12)8-5-10(8)4-6-2-1-3-7(6)10/h6-8H,1-5H2,(H,11,12). The second kappa shape index (κ2) is 1.86. The maximum Gasteiger partial charge on any atom is 0.307 e. The fourth-order valence-electron chi connectivity index (χ4n) is 3.81. The van der Waals surface area contributed by atoms with E-state index in [1.807, 2.05) is 0 Å². The van der Waals surface area contributed by atoms with Gasteiger partial charge in [0.15, 0.2) is 0 Å². The number of carboxylic acid groups (broad SMARTS) is 1. The summed E-state index contributed by atoms with van der Waals surface area (Å²) in [6.45, 7) is 0. The van der Waals surface area contributed by atoms with Crippen molar-refractivity contribution in [2.45, 2.75) is 32.1 Å². The fourth-order valence-corrected chi connectivity index (χ4v) is 3.81. The first kappa shape index (κ1) is 6.93. The van der Waals surface area contributed by atoms with Gasteiger partial charge in [-0.1, -0.05) is 12.8 Å². The molecule has 0 aromatic rings. The van der Waals surface area contributed by atoms with Crippen LogP contribution in [0.5, 0.6) is 0 Å². The van der Waals surface area contributed by atoms with Gasteiger partial charge in [0, 0.05) is 0 Å². The van der Waals surface area contributed by atoms with Gasteiger partial charge in [-0.25, -0.2) is 0 Å². The first-order chi connectivity index (χ1) is 5.74. The molecule has 0 radical (unpaired) electrons. The fraction of sp³-hybridized carbons (Fsp3) is 0.900. The summed E-state index contributed by atoms with van der Waals surface area (Å²) in [7, 11) is 0. The maximum atomic E-state index is 10.8. The minimum atomic E-state index is -0.541. The van der Waals surface area contributed by atoms with Crippen LogP contribution in [-0.4, -0.2) is 11.1 Å². The van der Waals surface area contributed by atoms with Gasteiger partial charge in [0.25, 0.3) is 0 Å². The lowest BCUT2D eigenvalue weighted by Gasteiger charge is -2.42. The Bertz CT molecular complexity index is 248. The molecule has 3 saturated carbocycles. The summed E-state index contributed by atoms with van der Waals surface area (Å²) >= 11 is 0. The van der Waals surface area contributed by atoms with E-state index in [0.29, 0.717) is 5.41 Å². The smallest absolute Gasteiger partial charge is 0.307 e. The first-order valence-electron chi connectivity index (χ1n) is 4.97. The molecular weight excluding hydrogens is 152 g/mol. The second-order valence-electron chi connectivity index (χ2n) is 4.83. The average Bonchev–Trinajstić information content (AvgIpc) is 2.65. The highest BCUT2D eigenvalue weighted by Crippen LogP contribution is 2.74. The van der Waals surface area contributed by atoms with Gasteiger partial charge in [-0.3, -0.25) is 4.79 Å². The van der Waals surface area contributed by atoms with Crippen molar-refractivity contribution in [2.24, 2.45) is 23.2 Å². The number of fused-ring (bicyclic) bond motifs is 2. The van der Waals surface area contributed by atoms with Gasteiger partial charge in [-0.15, -0.1) is 0 Å². The van der Waals surface area contributed by atoms with Crippen molar-refractivity contribution < 1.29 is 9.90 Å². The zero-order valence-electron chi connectivity index (χ0n) is 7.12. The predicted molar refractivity (Wildman–Crippen MR) is 43.6 cm³/mol. The van der Waals surface area contributed by atoms with Crippen LogP contribution in [0.3, 0.4) is 0 Å². The molecule has 4 unspecified atom stereocenters. The van der Waals surface area contributed by atoms with Crippen molar-refractivity contribution in [3.05, 3.63) is 0 Å². The van der Waals surface area contributed by atoms with Crippen molar-refractivity contribution in [3.63, 3.8) is 0 Å². The molecule has 12 heavy (non-hydrogen) atoms. The minimum absolute atomic E-state index is 0.0387. The van der Waals surface area contributed by atoms with Crippen molar-refractivity contribution in [2.75, 3.05) is 0 Å². The number of hydrogen-bond donors (Lipinski definition) is 1. The molecule has 0 aromatic carbocycles. The Morgan fingerprint density at radius 1 is 1.33 bits per heavy atom. The monoisotopic (exact) mass is 166 g/mol. The summed E-state index contributed by atoms with van der Waals surface area (Å²) in [6, 6.07) is 0. The zero-order valence-corrected chi connectivity index (χ0v) is 7.12.